The molecule has 0 bridgehead atoms. The molecule has 1 aliphatic heterocycles. The summed E-state index contributed by atoms with van der Waals surface area (Å²) in [7, 11) is 0. The molecule has 0 amide bonds. The van der Waals surface area contributed by atoms with Gasteiger partial charge in [0.1, 0.15) is 42.5 Å². The number of nitrogens with zero attached hydrogens (tertiary/aromatic N) is 5. The van der Waals surface area contributed by atoms with Gasteiger partial charge in [-0.2, -0.15) is 10.5 Å². The van der Waals surface area contributed by atoms with E-state index < -0.39 is 18.0 Å². The Morgan fingerprint density at radius 3 is 2.25 bits per heavy atom. The van der Waals surface area contributed by atoms with Crippen molar-refractivity contribution in [1.82, 2.24) is 10.3 Å². The van der Waals surface area contributed by atoms with Gasteiger partial charge in [-0.15, -0.1) is 0 Å². The van der Waals surface area contributed by atoms with Gasteiger partial charge in [-0.3, -0.25) is 14.9 Å². The van der Waals surface area contributed by atoms with Crippen LogP contribution in [0.1, 0.15) is 36.6 Å². The zero-order valence-electron chi connectivity index (χ0n) is 19.7. The molecule has 13 nitrogen and oxygen atoms in total. The molecule has 3 rings (SSSR count). The lowest BCUT2D eigenvalue weighted by Crippen LogP contribution is -2.33. The van der Waals surface area contributed by atoms with E-state index in [0.29, 0.717) is 24.2 Å². The number of hydrogen-bond acceptors (Lipinski definition) is 13. The van der Waals surface area contributed by atoms with E-state index in [-0.39, 0.29) is 42.1 Å². The van der Waals surface area contributed by atoms with E-state index in [0.717, 1.165) is 5.69 Å². The highest BCUT2D eigenvalue weighted by atomic mass is 16.5. The summed E-state index contributed by atoms with van der Waals surface area (Å²) in [6.45, 7) is 3.74. The van der Waals surface area contributed by atoms with Crippen LogP contribution in [0.5, 0.6) is 0 Å². The van der Waals surface area contributed by atoms with Gasteiger partial charge in [-0.05, 0) is 17.7 Å². The van der Waals surface area contributed by atoms with Gasteiger partial charge in [0.25, 0.3) is 0 Å². The van der Waals surface area contributed by atoms with Gasteiger partial charge in [0.2, 0.25) is 5.96 Å². The van der Waals surface area contributed by atoms with Crippen LogP contribution in [0.2, 0.25) is 0 Å². The minimum Gasteiger partial charge on any atom is -0.464 e. The third-order valence-electron chi connectivity index (χ3n) is 5.26. The highest BCUT2D eigenvalue weighted by Gasteiger charge is 2.29. The lowest BCUT2D eigenvalue weighted by molar-refractivity contribution is -0.141. The SMILES string of the molecule is CC(=O)OCCN(CCOC(C)=O)c1ccc(C2N=C(NC#N)Nc3nc(N)c(C#N)c(N)c32)cc1. The highest BCUT2D eigenvalue weighted by Crippen LogP contribution is 2.40. The summed E-state index contributed by atoms with van der Waals surface area (Å²) in [5.74, 6) is -0.379. The molecule has 36 heavy (non-hydrogen) atoms. The van der Waals surface area contributed by atoms with Gasteiger partial charge < -0.3 is 31.2 Å². The summed E-state index contributed by atoms with van der Waals surface area (Å²) < 4.78 is 10.1. The number of benzene rings is 1. The molecule has 186 valence electrons. The highest BCUT2D eigenvalue weighted by molar-refractivity contribution is 5.98. The normalized spacial score (nSPS) is 13.7. The molecule has 1 aliphatic rings. The Balaban J connectivity index is 1.94. The Bertz CT molecular complexity index is 1240. The third kappa shape index (κ3) is 5.90. The smallest absolute Gasteiger partial charge is 0.302 e. The number of guanidine groups is 1. The van der Waals surface area contributed by atoms with Crippen molar-refractivity contribution in [3.05, 3.63) is 41.0 Å². The van der Waals surface area contributed by atoms with Gasteiger partial charge in [0, 0.05) is 25.1 Å². The summed E-state index contributed by atoms with van der Waals surface area (Å²) in [5, 5.41) is 23.9. The zero-order chi connectivity index (χ0) is 26.2. The first-order valence-electron chi connectivity index (χ1n) is 10.9. The molecule has 1 aromatic carbocycles. The topological polar surface area (TPSA) is 205 Å². The second kappa shape index (κ2) is 11.4. The van der Waals surface area contributed by atoms with Crippen molar-refractivity contribution in [2.24, 2.45) is 4.99 Å². The predicted molar refractivity (Wildman–Crippen MR) is 131 cm³/mol. The number of nitriles is 2. The Labute approximate surface area is 207 Å². The first-order chi connectivity index (χ1) is 17.2. The van der Waals surface area contributed by atoms with Crippen molar-refractivity contribution in [3.63, 3.8) is 0 Å². The molecule has 2 heterocycles. The second-order valence-electron chi connectivity index (χ2n) is 7.66. The van der Waals surface area contributed by atoms with Crippen molar-refractivity contribution >= 4 is 40.9 Å². The molecular formula is C23H25N9O4. The predicted octanol–water partition coefficient (Wildman–Crippen LogP) is 0.992. The van der Waals surface area contributed by atoms with Crippen LogP contribution >= 0.6 is 0 Å². The molecule has 1 unspecified atom stereocenters. The molecule has 2 aromatic rings. The van der Waals surface area contributed by atoms with Crippen molar-refractivity contribution in [3.8, 4) is 12.3 Å². The number of carbonyl (C=O) groups excluding carboxylic acids is 2. The van der Waals surface area contributed by atoms with Crippen molar-refractivity contribution in [1.29, 1.82) is 10.5 Å². The molecule has 13 heteroatoms. The Hall–Kier alpha value is -5.04. The lowest BCUT2D eigenvalue weighted by atomic mass is 9.95. The van der Waals surface area contributed by atoms with E-state index in [1.54, 1.807) is 6.19 Å². The van der Waals surface area contributed by atoms with Crippen LogP contribution in [0.25, 0.3) is 0 Å². The van der Waals surface area contributed by atoms with Crippen LogP contribution in [0.3, 0.4) is 0 Å². The van der Waals surface area contributed by atoms with Crippen LogP contribution in [-0.4, -0.2) is 49.2 Å². The van der Waals surface area contributed by atoms with Crippen LogP contribution in [0, 0.1) is 22.8 Å². The Morgan fingerprint density at radius 2 is 1.72 bits per heavy atom. The first kappa shape index (κ1) is 25.6. The minimum atomic E-state index is -0.679. The number of pyridine rings is 1. The lowest BCUT2D eigenvalue weighted by Gasteiger charge is -2.27. The van der Waals surface area contributed by atoms with E-state index in [9.17, 15) is 14.9 Å². The quantitative estimate of drug-likeness (QED) is 0.232. The van der Waals surface area contributed by atoms with Crippen LogP contribution in [0.4, 0.5) is 23.0 Å². The number of rotatable bonds is 8. The number of nitrogens with two attached hydrogens (primary N) is 2. The van der Waals surface area contributed by atoms with E-state index in [2.05, 4.69) is 20.6 Å². The number of esters is 2. The monoisotopic (exact) mass is 491 g/mol. The van der Waals surface area contributed by atoms with Crippen molar-refractivity contribution < 1.29 is 19.1 Å². The first-order valence-corrected chi connectivity index (χ1v) is 10.9. The number of aromatic nitrogens is 1. The van der Waals surface area contributed by atoms with E-state index >= 15 is 0 Å². The maximum atomic E-state index is 11.2. The number of nitrogen functional groups attached to an aromatic ring is 2. The van der Waals surface area contributed by atoms with Crippen LogP contribution in [-0.2, 0) is 19.1 Å². The Kier molecular flexibility index (Phi) is 8.10. The van der Waals surface area contributed by atoms with Gasteiger partial charge in [0.15, 0.2) is 6.19 Å². The maximum absolute atomic E-state index is 11.2. The third-order valence-corrected chi connectivity index (χ3v) is 5.26. The molecule has 0 fully saturated rings. The van der Waals surface area contributed by atoms with Crippen LogP contribution in [0.15, 0.2) is 29.3 Å². The van der Waals surface area contributed by atoms with E-state index in [4.69, 9.17) is 26.2 Å². The number of fused-ring (bicyclic) bond motifs is 1. The number of aliphatic imine (C=N–C) groups is 1. The number of ether oxygens (including phenoxy) is 2. The van der Waals surface area contributed by atoms with Gasteiger partial charge in [-0.1, -0.05) is 12.1 Å². The number of anilines is 4. The largest absolute Gasteiger partial charge is 0.464 e. The average molecular weight is 492 g/mol. The summed E-state index contributed by atoms with van der Waals surface area (Å²) in [5.41, 5.74) is 14.3. The van der Waals surface area contributed by atoms with Crippen molar-refractivity contribution in [2.75, 3.05) is 48.0 Å². The molecule has 0 radical (unpaired) electrons. The molecule has 0 aliphatic carbocycles. The summed E-state index contributed by atoms with van der Waals surface area (Å²) in [4.78, 5) is 33.0. The molecule has 6 N–H and O–H groups in total. The molecule has 1 aromatic heterocycles. The summed E-state index contributed by atoms with van der Waals surface area (Å²) in [6, 6.07) is 8.58. The van der Waals surface area contributed by atoms with Crippen LogP contribution < -0.4 is 27.0 Å². The average Bonchev–Trinajstić information content (AvgIpc) is 2.82. The second-order valence-corrected chi connectivity index (χ2v) is 7.66. The van der Waals surface area contributed by atoms with Crippen molar-refractivity contribution in [2.45, 2.75) is 19.9 Å². The summed E-state index contributed by atoms with van der Waals surface area (Å²) >= 11 is 0. The van der Waals surface area contributed by atoms with E-state index in [1.807, 2.05) is 35.2 Å². The number of nitrogens with one attached hydrogen (secondary N) is 2. The Morgan fingerprint density at radius 1 is 1.11 bits per heavy atom. The number of carbonyl (C=O) groups is 2. The van der Waals surface area contributed by atoms with Gasteiger partial charge in [-0.25, -0.2) is 9.98 Å². The molecule has 0 saturated heterocycles. The molecule has 0 spiro atoms. The standard InChI is InChI=1S/C23H25N9O4/c1-13(33)35-9-7-32(8-10-36-14(2)34)16-5-3-15(4-6-16)20-18-19(26)17(11-24)21(27)30-22(18)31-23(29-20)28-12-25/h3-6,20H,7-10H2,1-2H3,(H6,26,27,28,29,30,31). The maximum Gasteiger partial charge on any atom is 0.302 e. The van der Waals surface area contributed by atoms with Gasteiger partial charge >= 0.3 is 11.9 Å². The fourth-order valence-electron chi connectivity index (χ4n) is 3.66. The number of hydrogen-bond donors (Lipinski definition) is 4. The fraction of sp³-hybridized carbons (Fsp3) is 0.304. The van der Waals surface area contributed by atoms with Gasteiger partial charge in [0.05, 0.1) is 18.8 Å². The minimum absolute atomic E-state index is 0.0373. The molecular weight excluding hydrogens is 466 g/mol. The fourth-order valence-corrected chi connectivity index (χ4v) is 3.66. The molecule has 0 saturated carbocycles. The van der Waals surface area contributed by atoms with E-state index in [1.165, 1.54) is 13.8 Å². The summed E-state index contributed by atoms with van der Waals surface area (Å²) in [6.07, 6.45) is 1.81. The molecule has 1 atom stereocenters. The zero-order valence-corrected chi connectivity index (χ0v) is 19.7.